The summed E-state index contributed by atoms with van der Waals surface area (Å²) >= 11 is 7.39. The van der Waals surface area contributed by atoms with Crippen molar-refractivity contribution in [1.29, 1.82) is 5.26 Å². The average molecular weight is 265 g/mol. The topological polar surface area (TPSA) is 45.9 Å². The standard InChI is InChI=1S/C12H9ClN2OS/c1-8-7-17-12(15-8)6-16-11-4-10(13)3-2-9(11)5-14/h2-4,7H,6H2,1H3. The van der Waals surface area contributed by atoms with Gasteiger partial charge < -0.3 is 4.74 Å². The summed E-state index contributed by atoms with van der Waals surface area (Å²) in [6, 6.07) is 7.01. The molecular weight excluding hydrogens is 256 g/mol. The summed E-state index contributed by atoms with van der Waals surface area (Å²) in [5.74, 6) is 0.493. The fraction of sp³-hybridized carbons (Fsp3) is 0.167. The number of benzene rings is 1. The summed E-state index contributed by atoms with van der Waals surface area (Å²) < 4.78 is 5.55. The molecule has 5 heteroatoms. The van der Waals surface area contributed by atoms with Gasteiger partial charge in [0.2, 0.25) is 0 Å². The molecule has 17 heavy (non-hydrogen) atoms. The highest BCUT2D eigenvalue weighted by Gasteiger charge is 2.06. The van der Waals surface area contributed by atoms with Gasteiger partial charge in [0.15, 0.2) is 0 Å². The maximum Gasteiger partial charge on any atom is 0.140 e. The lowest BCUT2D eigenvalue weighted by Gasteiger charge is -2.06. The highest BCUT2D eigenvalue weighted by molar-refractivity contribution is 7.09. The quantitative estimate of drug-likeness (QED) is 0.852. The molecule has 2 rings (SSSR count). The van der Waals surface area contributed by atoms with Gasteiger partial charge >= 0.3 is 0 Å². The minimum Gasteiger partial charge on any atom is -0.485 e. The Hall–Kier alpha value is -1.57. The average Bonchev–Trinajstić information content (AvgIpc) is 2.73. The van der Waals surface area contributed by atoms with Crippen LogP contribution in [-0.4, -0.2) is 4.98 Å². The van der Waals surface area contributed by atoms with E-state index in [1.165, 1.54) is 11.3 Å². The van der Waals surface area contributed by atoms with E-state index < -0.39 is 0 Å². The van der Waals surface area contributed by atoms with Crippen molar-refractivity contribution in [2.45, 2.75) is 13.5 Å². The van der Waals surface area contributed by atoms with E-state index in [1.807, 2.05) is 12.3 Å². The zero-order valence-corrected chi connectivity index (χ0v) is 10.7. The third-order valence-electron chi connectivity index (χ3n) is 2.08. The molecule has 1 aromatic heterocycles. The van der Waals surface area contributed by atoms with Crippen molar-refractivity contribution in [3.05, 3.63) is 44.9 Å². The number of nitrogens with zero attached hydrogens (tertiary/aromatic N) is 2. The fourth-order valence-electron chi connectivity index (χ4n) is 1.32. The van der Waals surface area contributed by atoms with Gasteiger partial charge in [-0.25, -0.2) is 4.98 Å². The van der Waals surface area contributed by atoms with Gasteiger partial charge in [0.1, 0.15) is 23.4 Å². The first-order chi connectivity index (χ1) is 8.19. The van der Waals surface area contributed by atoms with Gasteiger partial charge in [-0.15, -0.1) is 11.3 Å². The lowest BCUT2D eigenvalue weighted by atomic mass is 10.2. The molecule has 0 aliphatic carbocycles. The highest BCUT2D eigenvalue weighted by Crippen LogP contribution is 2.24. The van der Waals surface area contributed by atoms with Crippen LogP contribution in [0.4, 0.5) is 0 Å². The Bertz CT molecular complexity index is 574. The Morgan fingerprint density at radius 3 is 3.00 bits per heavy atom. The number of hydrogen-bond acceptors (Lipinski definition) is 4. The number of ether oxygens (including phenoxy) is 1. The Balaban J connectivity index is 2.13. The Kier molecular flexibility index (Phi) is 3.62. The number of rotatable bonds is 3. The fourth-order valence-corrected chi connectivity index (χ4v) is 2.16. The lowest BCUT2D eigenvalue weighted by Crippen LogP contribution is -1.97. The van der Waals surface area contributed by atoms with Gasteiger partial charge in [0, 0.05) is 22.2 Å². The van der Waals surface area contributed by atoms with Crippen molar-refractivity contribution >= 4 is 22.9 Å². The van der Waals surface area contributed by atoms with Crippen molar-refractivity contribution in [2.75, 3.05) is 0 Å². The summed E-state index contributed by atoms with van der Waals surface area (Å²) in [5.41, 5.74) is 1.45. The number of nitriles is 1. The summed E-state index contributed by atoms with van der Waals surface area (Å²) in [6.07, 6.45) is 0. The van der Waals surface area contributed by atoms with Crippen LogP contribution in [-0.2, 0) is 6.61 Å². The predicted octanol–water partition coefficient (Wildman–Crippen LogP) is 3.56. The van der Waals surface area contributed by atoms with Crippen LogP contribution in [0.2, 0.25) is 5.02 Å². The number of hydrogen-bond donors (Lipinski definition) is 0. The van der Waals surface area contributed by atoms with Crippen molar-refractivity contribution in [3.8, 4) is 11.8 Å². The van der Waals surface area contributed by atoms with E-state index >= 15 is 0 Å². The van der Waals surface area contributed by atoms with Crippen LogP contribution in [0, 0.1) is 18.3 Å². The minimum atomic E-state index is 0.355. The monoisotopic (exact) mass is 264 g/mol. The van der Waals surface area contributed by atoms with Crippen LogP contribution in [0.15, 0.2) is 23.6 Å². The molecule has 0 bridgehead atoms. The van der Waals surface area contributed by atoms with Crippen LogP contribution >= 0.6 is 22.9 Å². The minimum absolute atomic E-state index is 0.355. The number of aryl methyl sites for hydroxylation is 1. The first kappa shape index (κ1) is 11.9. The first-order valence-corrected chi connectivity index (χ1v) is 6.18. The molecule has 0 N–H and O–H groups in total. The number of thiazole rings is 1. The molecule has 2 aromatic rings. The second kappa shape index (κ2) is 5.17. The lowest BCUT2D eigenvalue weighted by molar-refractivity contribution is 0.304. The zero-order valence-electron chi connectivity index (χ0n) is 9.11. The third-order valence-corrected chi connectivity index (χ3v) is 3.26. The molecule has 0 atom stereocenters. The zero-order chi connectivity index (χ0) is 12.3. The van der Waals surface area contributed by atoms with Crippen molar-refractivity contribution in [1.82, 2.24) is 4.98 Å². The Morgan fingerprint density at radius 1 is 1.53 bits per heavy atom. The van der Waals surface area contributed by atoms with Crippen molar-refractivity contribution < 1.29 is 4.74 Å². The molecule has 3 nitrogen and oxygen atoms in total. The number of aromatic nitrogens is 1. The molecule has 0 saturated heterocycles. The Morgan fingerprint density at radius 2 is 2.35 bits per heavy atom. The predicted molar refractivity (Wildman–Crippen MR) is 67.4 cm³/mol. The molecule has 0 aliphatic heterocycles. The molecule has 1 aromatic carbocycles. The SMILES string of the molecule is Cc1csc(COc2cc(Cl)ccc2C#N)n1. The van der Waals surface area contributed by atoms with Gasteiger partial charge in [-0.05, 0) is 19.1 Å². The van der Waals surface area contributed by atoms with Crippen LogP contribution in [0.5, 0.6) is 5.75 Å². The molecule has 86 valence electrons. The molecule has 0 amide bonds. The maximum absolute atomic E-state index is 8.92. The maximum atomic E-state index is 8.92. The van der Waals surface area contributed by atoms with Crippen molar-refractivity contribution in [3.63, 3.8) is 0 Å². The highest BCUT2D eigenvalue weighted by atomic mass is 35.5. The Labute approximate surface area is 108 Å². The van der Waals surface area contributed by atoms with Crippen LogP contribution in [0.3, 0.4) is 0 Å². The van der Waals surface area contributed by atoms with E-state index in [1.54, 1.807) is 18.2 Å². The molecule has 0 aliphatic rings. The molecule has 0 unspecified atom stereocenters. The normalized spacial score (nSPS) is 9.94. The molecule has 0 spiro atoms. The molecule has 0 fully saturated rings. The van der Waals surface area contributed by atoms with Crippen LogP contribution < -0.4 is 4.74 Å². The van der Waals surface area contributed by atoms with E-state index in [0.717, 1.165) is 10.7 Å². The van der Waals surface area contributed by atoms with Gasteiger partial charge in [-0.3, -0.25) is 0 Å². The molecule has 1 heterocycles. The van der Waals surface area contributed by atoms with E-state index in [9.17, 15) is 0 Å². The van der Waals surface area contributed by atoms with E-state index in [4.69, 9.17) is 21.6 Å². The summed E-state index contributed by atoms with van der Waals surface area (Å²) in [6.45, 7) is 2.29. The largest absolute Gasteiger partial charge is 0.485 e. The van der Waals surface area contributed by atoms with E-state index in [0.29, 0.717) is 22.9 Å². The van der Waals surface area contributed by atoms with Crippen LogP contribution in [0.25, 0.3) is 0 Å². The van der Waals surface area contributed by atoms with Gasteiger partial charge in [-0.2, -0.15) is 5.26 Å². The van der Waals surface area contributed by atoms with E-state index in [2.05, 4.69) is 11.1 Å². The van der Waals surface area contributed by atoms with Gasteiger partial charge in [-0.1, -0.05) is 11.6 Å². The summed E-state index contributed by atoms with van der Waals surface area (Å²) in [7, 11) is 0. The molecule has 0 radical (unpaired) electrons. The van der Waals surface area contributed by atoms with E-state index in [-0.39, 0.29) is 0 Å². The molecule has 0 saturated carbocycles. The number of halogens is 1. The summed E-state index contributed by atoms with van der Waals surface area (Å²) in [4.78, 5) is 4.28. The summed E-state index contributed by atoms with van der Waals surface area (Å²) in [5, 5.41) is 12.3. The molecular formula is C12H9ClN2OS. The van der Waals surface area contributed by atoms with Crippen molar-refractivity contribution in [2.24, 2.45) is 0 Å². The first-order valence-electron chi connectivity index (χ1n) is 4.92. The smallest absolute Gasteiger partial charge is 0.140 e. The van der Waals surface area contributed by atoms with Gasteiger partial charge in [0.05, 0.1) is 5.56 Å². The van der Waals surface area contributed by atoms with Crippen LogP contribution in [0.1, 0.15) is 16.3 Å². The second-order valence-corrected chi connectivity index (χ2v) is 4.80. The second-order valence-electron chi connectivity index (χ2n) is 3.42. The third kappa shape index (κ3) is 2.96. The van der Waals surface area contributed by atoms with Gasteiger partial charge in [0.25, 0.3) is 0 Å².